The van der Waals surface area contributed by atoms with Crippen molar-refractivity contribution in [1.82, 2.24) is 4.57 Å². The van der Waals surface area contributed by atoms with Crippen LogP contribution in [0.2, 0.25) is 5.02 Å². The number of nitrogens with zero attached hydrogens (tertiary/aromatic N) is 1. The van der Waals surface area contributed by atoms with Crippen molar-refractivity contribution < 1.29 is 4.42 Å². The second kappa shape index (κ2) is 3.95. The molecule has 78 valence electrons. The molecule has 0 bridgehead atoms. The second-order valence-electron chi connectivity index (χ2n) is 3.32. The summed E-state index contributed by atoms with van der Waals surface area (Å²) in [5, 5.41) is 0.466. The Morgan fingerprint density at radius 3 is 2.87 bits per heavy atom. The quantitative estimate of drug-likeness (QED) is 0.784. The maximum atomic E-state index is 11.6. The highest BCUT2D eigenvalue weighted by molar-refractivity contribution is 6.30. The molecule has 0 aliphatic carbocycles. The van der Waals surface area contributed by atoms with E-state index in [-0.39, 0.29) is 5.56 Å². The fourth-order valence-electron chi connectivity index (χ4n) is 1.45. The number of aromatic nitrogens is 1. The predicted octanol–water partition coefficient (Wildman–Crippen LogP) is 2.45. The van der Waals surface area contributed by atoms with Crippen LogP contribution in [-0.2, 0) is 6.54 Å². The third kappa shape index (κ3) is 2.13. The molecule has 0 saturated heterocycles. The van der Waals surface area contributed by atoms with Crippen LogP contribution in [0.15, 0.2) is 39.7 Å². The SMILES string of the molecule is Cc1cc(Cl)cc(=O)n1Cc1ccco1. The number of hydrogen-bond donors (Lipinski definition) is 0. The minimum Gasteiger partial charge on any atom is -0.467 e. The van der Waals surface area contributed by atoms with E-state index in [1.807, 2.05) is 13.0 Å². The van der Waals surface area contributed by atoms with Gasteiger partial charge in [0.05, 0.1) is 12.8 Å². The van der Waals surface area contributed by atoms with Gasteiger partial charge in [0, 0.05) is 16.8 Å². The van der Waals surface area contributed by atoms with E-state index in [0.29, 0.717) is 11.6 Å². The summed E-state index contributed by atoms with van der Waals surface area (Å²) in [4.78, 5) is 11.6. The lowest BCUT2D eigenvalue weighted by molar-refractivity contribution is 0.487. The first kappa shape index (κ1) is 10.1. The summed E-state index contributed by atoms with van der Waals surface area (Å²) in [6.45, 7) is 2.28. The lowest BCUT2D eigenvalue weighted by Crippen LogP contribution is -2.21. The van der Waals surface area contributed by atoms with Gasteiger partial charge in [-0.2, -0.15) is 0 Å². The molecule has 0 aliphatic rings. The Hall–Kier alpha value is -1.48. The molecule has 2 aromatic heterocycles. The van der Waals surface area contributed by atoms with Crippen LogP contribution in [0.5, 0.6) is 0 Å². The highest BCUT2D eigenvalue weighted by Crippen LogP contribution is 2.09. The van der Waals surface area contributed by atoms with E-state index in [0.717, 1.165) is 11.5 Å². The Labute approximate surface area is 91.9 Å². The molecule has 2 heterocycles. The predicted molar refractivity (Wildman–Crippen MR) is 58.3 cm³/mol. The normalized spacial score (nSPS) is 10.5. The van der Waals surface area contributed by atoms with E-state index >= 15 is 0 Å². The Bertz CT molecular complexity index is 514. The van der Waals surface area contributed by atoms with Crippen molar-refractivity contribution in [3.63, 3.8) is 0 Å². The summed E-state index contributed by atoms with van der Waals surface area (Å²) in [6.07, 6.45) is 1.59. The van der Waals surface area contributed by atoms with Gasteiger partial charge in [-0.25, -0.2) is 0 Å². The molecular formula is C11H10ClNO2. The van der Waals surface area contributed by atoms with Gasteiger partial charge in [-0.3, -0.25) is 4.79 Å². The molecule has 4 heteroatoms. The zero-order chi connectivity index (χ0) is 10.8. The molecule has 0 fully saturated rings. The fraction of sp³-hybridized carbons (Fsp3) is 0.182. The van der Waals surface area contributed by atoms with E-state index in [2.05, 4.69) is 0 Å². The molecule has 15 heavy (non-hydrogen) atoms. The van der Waals surface area contributed by atoms with Crippen LogP contribution >= 0.6 is 11.6 Å². The average molecular weight is 224 g/mol. The number of aryl methyl sites for hydroxylation is 1. The molecule has 2 aromatic rings. The highest BCUT2D eigenvalue weighted by Gasteiger charge is 2.04. The minimum atomic E-state index is -0.114. The maximum Gasteiger partial charge on any atom is 0.252 e. The molecule has 0 N–H and O–H groups in total. The van der Waals surface area contributed by atoms with E-state index < -0.39 is 0 Å². The second-order valence-corrected chi connectivity index (χ2v) is 3.76. The van der Waals surface area contributed by atoms with Crippen LogP contribution < -0.4 is 5.56 Å². The molecule has 0 amide bonds. The summed E-state index contributed by atoms with van der Waals surface area (Å²) >= 11 is 5.77. The van der Waals surface area contributed by atoms with Crippen molar-refractivity contribution in [2.45, 2.75) is 13.5 Å². The van der Waals surface area contributed by atoms with Gasteiger partial charge in [-0.05, 0) is 25.1 Å². The average Bonchev–Trinajstić information content (AvgIpc) is 2.63. The Kier molecular flexibility index (Phi) is 2.64. The lowest BCUT2D eigenvalue weighted by atomic mass is 10.3. The Morgan fingerprint density at radius 2 is 2.27 bits per heavy atom. The van der Waals surface area contributed by atoms with Crippen molar-refractivity contribution in [3.05, 3.63) is 57.4 Å². The molecular weight excluding hydrogens is 214 g/mol. The standard InChI is InChI=1S/C11H10ClNO2/c1-8-5-9(12)6-11(14)13(8)7-10-3-2-4-15-10/h2-6H,7H2,1H3. The molecule has 2 rings (SSSR count). The summed E-state index contributed by atoms with van der Waals surface area (Å²) in [6, 6.07) is 6.79. The molecule has 0 aromatic carbocycles. The minimum absolute atomic E-state index is 0.114. The van der Waals surface area contributed by atoms with Crippen LogP contribution in [0.25, 0.3) is 0 Å². The van der Waals surface area contributed by atoms with Crippen LogP contribution in [0.4, 0.5) is 0 Å². The first-order valence-electron chi connectivity index (χ1n) is 4.56. The summed E-state index contributed by atoms with van der Waals surface area (Å²) in [5.41, 5.74) is 0.709. The number of halogens is 1. The van der Waals surface area contributed by atoms with Gasteiger partial charge < -0.3 is 8.98 Å². The topological polar surface area (TPSA) is 35.1 Å². The highest BCUT2D eigenvalue weighted by atomic mass is 35.5. The van der Waals surface area contributed by atoms with Crippen LogP contribution in [-0.4, -0.2) is 4.57 Å². The number of hydrogen-bond acceptors (Lipinski definition) is 2. The largest absolute Gasteiger partial charge is 0.467 e. The summed E-state index contributed by atoms with van der Waals surface area (Å²) in [5.74, 6) is 0.752. The molecule has 0 spiro atoms. The number of furan rings is 1. The monoisotopic (exact) mass is 223 g/mol. The number of pyridine rings is 1. The van der Waals surface area contributed by atoms with Crippen molar-refractivity contribution >= 4 is 11.6 Å². The Balaban J connectivity index is 2.41. The van der Waals surface area contributed by atoms with Crippen LogP contribution in [0.1, 0.15) is 11.5 Å². The first-order valence-corrected chi connectivity index (χ1v) is 4.94. The van der Waals surface area contributed by atoms with E-state index in [4.69, 9.17) is 16.0 Å². The Morgan fingerprint density at radius 1 is 1.47 bits per heavy atom. The van der Waals surface area contributed by atoms with Gasteiger partial charge in [0.2, 0.25) is 0 Å². The zero-order valence-electron chi connectivity index (χ0n) is 8.24. The van der Waals surface area contributed by atoms with Crippen molar-refractivity contribution in [1.29, 1.82) is 0 Å². The van der Waals surface area contributed by atoms with Crippen molar-refractivity contribution in [2.75, 3.05) is 0 Å². The van der Waals surface area contributed by atoms with Gasteiger partial charge in [-0.1, -0.05) is 11.6 Å². The summed E-state index contributed by atoms with van der Waals surface area (Å²) in [7, 11) is 0. The van der Waals surface area contributed by atoms with Gasteiger partial charge in [0.25, 0.3) is 5.56 Å². The molecule has 3 nitrogen and oxygen atoms in total. The first-order chi connectivity index (χ1) is 7.16. The maximum absolute atomic E-state index is 11.6. The van der Waals surface area contributed by atoms with Gasteiger partial charge >= 0.3 is 0 Å². The van der Waals surface area contributed by atoms with E-state index in [1.54, 1.807) is 23.0 Å². The van der Waals surface area contributed by atoms with E-state index in [9.17, 15) is 4.79 Å². The zero-order valence-corrected chi connectivity index (χ0v) is 8.99. The van der Waals surface area contributed by atoms with Crippen LogP contribution in [0.3, 0.4) is 0 Å². The summed E-state index contributed by atoms with van der Waals surface area (Å²) < 4.78 is 6.80. The smallest absolute Gasteiger partial charge is 0.252 e. The number of rotatable bonds is 2. The van der Waals surface area contributed by atoms with Crippen molar-refractivity contribution in [2.24, 2.45) is 0 Å². The fourth-order valence-corrected chi connectivity index (χ4v) is 1.70. The molecule has 0 aliphatic heterocycles. The molecule has 0 radical (unpaired) electrons. The van der Waals surface area contributed by atoms with Crippen LogP contribution in [0, 0.1) is 6.92 Å². The third-order valence-electron chi connectivity index (χ3n) is 2.19. The molecule has 0 atom stereocenters. The molecule has 0 unspecified atom stereocenters. The van der Waals surface area contributed by atoms with Crippen molar-refractivity contribution in [3.8, 4) is 0 Å². The van der Waals surface area contributed by atoms with E-state index in [1.165, 1.54) is 6.07 Å². The van der Waals surface area contributed by atoms with Gasteiger partial charge in [0.1, 0.15) is 5.76 Å². The molecule has 0 saturated carbocycles. The van der Waals surface area contributed by atoms with Gasteiger partial charge in [0.15, 0.2) is 0 Å². The lowest BCUT2D eigenvalue weighted by Gasteiger charge is -2.07. The third-order valence-corrected chi connectivity index (χ3v) is 2.41. The van der Waals surface area contributed by atoms with Gasteiger partial charge in [-0.15, -0.1) is 0 Å².